The van der Waals surface area contributed by atoms with Crippen molar-refractivity contribution in [2.45, 2.75) is 79.6 Å². The standard InChI is InChI=1S/C23H39N/c1-18(23(5,6)7)19-8-10-20(11-9-19)21-12-15-24(16-13-21)17-14-22(2,3)4/h8-11,18,21H,12-17H2,1-7H3. The van der Waals surface area contributed by atoms with Gasteiger partial charge >= 0.3 is 0 Å². The van der Waals surface area contributed by atoms with Crippen LogP contribution in [0.2, 0.25) is 0 Å². The molecule has 1 saturated heterocycles. The molecule has 24 heavy (non-hydrogen) atoms. The van der Waals surface area contributed by atoms with Crippen LogP contribution in [-0.2, 0) is 0 Å². The van der Waals surface area contributed by atoms with Crippen molar-refractivity contribution in [3.8, 4) is 0 Å². The summed E-state index contributed by atoms with van der Waals surface area (Å²) in [5.41, 5.74) is 3.82. The van der Waals surface area contributed by atoms with Crippen LogP contribution in [-0.4, -0.2) is 24.5 Å². The Kier molecular flexibility index (Phi) is 6.18. The summed E-state index contributed by atoms with van der Waals surface area (Å²) < 4.78 is 0. The number of likely N-dealkylation sites (tertiary alicyclic amines) is 1. The molecule has 136 valence electrons. The van der Waals surface area contributed by atoms with Crippen LogP contribution in [0, 0.1) is 10.8 Å². The average molecular weight is 330 g/mol. The summed E-state index contributed by atoms with van der Waals surface area (Å²) in [4.78, 5) is 2.66. The van der Waals surface area contributed by atoms with Crippen LogP contribution < -0.4 is 0 Å². The smallest absolute Gasteiger partial charge is 0.00129 e. The molecule has 1 fully saturated rings. The van der Waals surface area contributed by atoms with Gasteiger partial charge < -0.3 is 4.90 Å². The van der Waals surface area contributed by atoms with Crippen molar-refractivity contribution in [1.29, 1.82) is 0 Å². The molecule has 0 spiro atoms. The predicted molar refractivity (Wildman–Crippen MR) is 107 cm³/mol. The van der Waals surface area contributed by atoms with Gasteiger partial charge in [-0.3, -0.25) is 0 Å². The molecule has 0 radical (unpaired) electrons. The van der Waals surface area contributed by atoms with E-state index in [1.54, 1.807) is 5.56 Å². The zero-order valence-electron chi connectivity index (χ0n) is 17.2. The van der Waals surface area contributed by atoms with Crippen LogP contribution in [0.4, 0.5) is 0 Å². The van der Waals surface area contributed by atoms with Gasteiger partial charge in [-0.15, -0.1) is 0 Å². The second kappa shape index (κ2) is 7.60. The Hall–Kier alpha value is -0.820. The molecule has 1 nitrogen and oxygen atoms in total. The lowest BCUT2D eigenvalue weighted by Gasteiger charge is -2.34. The third-order valence-corrected chi connectivity index (χ3v) is 5.97. The van der Waals surface area contributed by atoms with Crippen LogP contribution in [0.25, 0.3) is 0 Å². The molecule has 1 heterocycles. The molecule has 1 aliphatic rings. The van der Waals surface area contributed by atoms with Crippen molar-refractivity contribution in [1.82, 2.24) is 4.90 Å². The quantitative estimate of drug-likeness (QED) is 0.613. The number of nitrogens with zero attached hydrogens (tertiary/aromatic N) is 1. The first-order valence-corrected chi connectivity index (χ1v) is 9.88. The van der Waals surface area contributed by atoms with Crippen molar-refractivity contribution in [3.05, 3.63) is 35.4 Å². The molecule has 0 N–H and O–H groups in total. The minimum absolute atomic E-state index is 0.333. The normalized spacial score (nSPS) is 19.5. The molecular weight excluding hydrogens is 290 g/mol. The Balaban J connectivity index is 1.88. The highest BCUT2D eigenvalue weighted by Gasteiger charge is 2.24. The van der Waals surface area contributed by atoms with E-state index in [0.717, 1.165) is 5.92 Å². The summed E-state index contributed by atoms with van der Waals surface area (Å²) in [6.07, 6.45) is 3.94. The molecule has 1 aromatic carbocycles. The minimum atomic E-state index is 0.333. The highest BCUT2D eigenvalue weighted by Crippen LogP contribution is 2.36. The van der Waals surface area contributed by atoms with E-state index in [4.69, 9.17) is 0 Å². The molecule has 0 saturated carbocycles. The van der Waals surface area contributed by atoms with Crippen LogP contribution >= 0.6 is 0 Å². The topological polar surface area (TPSA) is 3.24 Å². The van der Waals surface area contributed by atoms with Crippen molar-refractivity contribution in [3.63, 3.8) is 0 Å². The van der Waals surface area contributed by atoms with Gasteiger partial charge in [0.1, 0.15) is 0 Å². The highest BCUT2D eigenvalue weighted by molar-refractivity contribution is 5.28. The van der Waals surface area contributed by atoms with E-state index >= 15 is 0 Å². The van der Waals surface area contributed by atoms with Gasteiger partial charge in [0.2, 0.25) is 0 Å². The molecule has 1 aromatic rings. The molecule has 0 aromatic heterocycles. The lowest BCUT2D eigenvalue weighted by Crippen LogP contribution is -2.35. The maximum absolute atomic E-state index is 2.66. The number of hydrogen-bond donors (Lipinski definition) is 0. The molecule has 0 amide bonds. The molecular formula is C23H39N. The fourth-order valence-corrected chi connectivity index (χ4v) is 3.54. The fraction of sp³-hybridized carbons (Fsp3) is 0.739. The van der Waals surface area contributed by atoms with E-state index in [-0.39, 0.29) is 0 Å². The number of piperidine rings is 1. The van der Waals surface area contributed by atoms with Gasteiger partial charge in [-0.2, -0.15) is 0 Å². The lowest BCUT2D eigenvalue weighted by atomic mass is 9.77. The van der Waals surface area contributed by atoms with E-state index in [1.165, 1.54) is 44.5 Å². The van der Waals surface area contributed by atoms with E-state index in [1.807, 2.05) is 0 Å². The van der Waals surface area contributed by atoms with Crippen LogP contribution in [0.3, 0.4) is 0 Å². The van der Waals surface area contributed by atoms with Gasteiger partial charge in [-0.25, -0.2) is 0 Å². The summed E-state index contributed by atoms with van der Waals surface area (Å²) in [5, 5.41) is 0. The second-order valence-corrected chi connectivity index (χ2v) is 10.2. The summed E-state index contributed by atoms with van der Waals surface area (Å²) >= 11 is 0. The van der Waals surface area contributed by atoms with Gasteiger partial charge in [0.25, 0.3) is 0 Å². The monoisotopic (exact) mass is 329 g/mol. The summed E-state index contributed by atoms with van der Waals surface area (Å²) in [6, 6.07) is 9.54. The number of benzene rings is 1. The number of rotatable bonds is 4. The summed E-state index contributed by atoms with van der Waals surface area (Å²) in [5.74, 6) is 1.36. The summed E-state index contributed by atoms with van der Waals surface area (Å²) in [6.45, 7) is 20.2. The maximum atomic E-state index is 2.66. The molecule has 1 atom stereocenters. The fourth-order valence-electron chi connectivity index (χ4n) is 3.54. The van der Waals surface area contributed by atoms with Crippen LogP contribution in [0.15, 0.2) is 24.3 Å². The van der Waals surface area contributed by atoms with E-state index in [9.17, 15) is 0 Å². The van der Waals surface area contributed by atoms with Crippen molar-refractivity contribution in [2.75, 3.05) is 19.6 Å². The van der Waals surface area contributed by atoms with Crippen molar-refractivity contribution < 1.29 is 0 Å². The van der Waals surface area contributed by atoms with Crippen LogP contribution in [0.1, 0.15) is 90.7 Å². The zero-order chi connectivity index (χ0) is 18.0. The third kappa shape index (κ3) is 5.62. The first-order valence-electron chi connectivity index (χ1n) is 9.88. The lowest BCUT2D eigenvalue weighted by molar-refractivity contribution is 0.185. The van der Waals surface area contributed by atoms with Gasteiger partial charge in [-0.1, -0.05) is 72.7 Å². The molecule has 1 aliphatic heterocycles. The molecule has 1 heteroatoms. The summed E-state index contributed by atoms with van der Waals surface area (Å²) in [7, 11) is 0. The van der Waals surface area contributed by atoms with E-state index < -0.39 is 0 Å². The first kappa shape index (κ1) is 19.5. The molecule has 1 unspecified atom stereocenters. The average Bonchev–Trinajstić information content (AvgIpc) is 2.51. The second-order valence-electron chi connectivity index (χ2n) is 10.2. The Morgan fingerprint density at radius 2 is 1.50 bits per heavy atom. The van der Waals surface area contributed by atoms with Crippen LogP contribution in [0.5, 0.6) is 0 Å². The minimum Gasteiger partial charge on any atom is -0.303 e. The Morgan fingerprint density at radius 1 is 0.958 bits per heavy atom. The highest BCUT2D eigenvalue weighted by atomic mass is 15.1. The first-order chi connectivity index (χ1) is 11.1. The predicted octanol–water partition coefficient (Wildman–Crippen LogP) is 6.45. The Bertz CT molecular complexity index is 492. The van der Waals surface area contributed by atoms with Gasteiger partial charge in [-0.05, 0) is 72.7 Å². The van der Waals surface area contributed by atoms with Crippen molar-refractivity contribution >= 4 is 0 Å². The van der Waals surface area contributed by atoms with Gasteiger partial charge in [0.05, 0.1) is 0 Å². The van der Waals surface area contributed by atoms with E-state index in [0.29, 0.717) is 16.7 Å². The Labute approximate surface area is 150 Å². The van der Waals surface area contributed by atoms with Gasteiger partial charge in [0, 0.05) is 0 Å². The zero-order valence-corrected chi connectivity index (χ0v) is 17.2. The third-order valence-electron chi connectivity index (χ3n) is 5.97. The largest absolute Gasteiger partial charge is 0.303 e. The molecule has 2 rings (SSSR count). The SMILES string of the molecule is CC(c1ccc(C2CCN(CCC(C)(C)C)CC2)cc1)C(C)(C)C. The Morgan fingerprint density at radius 3 is 1.96 bits per heavy atom. The number of hydrogen-bond acceptors (Lipinski definition) is 1. The maximum Gasteiger partial charge on any atom is -0.00129 e. The van der Waals surface area contributed by atoms with Crippen molar-refractivity contribution in [2.24, 2.45) is 10.8 Å². The molecule has 0 aliphatic carbocycles. The molecule has 0 bridgehead atoms. The van der Waals surface area contributed by atoms with E-state index in [2.05, 4.69) is 77.6 Å². The van der Waals surface area contributed by atoms with Gasteiger partial charge in [0.15, 0.2) is 0 Å².